The number of piperidine rings is 1. The molecule has 3 aliphatic rings. The number of aryl methyl sites for hydroxylation is 1. The fourth-order valence-electron chi connectivity index (χ4n) is 4.72. The molecule has 28 heavy (non-hydrogen) atoms. The molecule has 1 saturated carbocycles. The van der Waals surface area contributed by atoms with E-state index in [0.29, 0.717) is 37.3 Å². The molecule has 0 amide bonds. The van der Waals surface area contributed by atoms with Gasteiger partial charge in [-0.25, -0.2) is 14.6 Å². The van der Waals surface area contributed by atoms with Crippen LogP contribution in [0.4, 0.5) is 14.6 Å². The number of carboxylic acid groups (broad SMARTS) is 1. The number of aliphatic carboxylic acids is 1. The molecule has 2 aliphatic carbocycles. The number of nitrogens with zero attached hydrogens (tertiary/aromatic N) is 7. The van der Waals surface area contributed by atoms with E-state index in [4.69, 9.17) is 5.11 Å². The Morgan fingerprint density at radius 1 is 1.29 bits per heavy atom. The predicted octanol–water partition coefficient (Wildman–Crippen LogP) is 1.25. The largest absolute Gasteiger partial charge is 0.481 e. The van der Waals surface area contributed by atoms with E-state index in [1.807, 2.05) is 4.90 Å². The van der Waals surface area contributed by atoms with Gasteiger partial charge >= 0.3 is 5.97 Å². The number of carbonyl (C=O) groups is 1. The second-order valence-corrected chi connectivity index (χ2v) is 7.88. The van der Waals surface area contributed by atoms with Crippen LogP contribution in [0.15, 0.2) is 0 Å². The first kappa shape index (κ1) is 17.4. The summed E-state index contributed by atoms with van der Waals surface area (Å²) in [4.78, 5) is 21.7. The number of tetrazole rings is 1. The Morgan fingerprint density at radius 2 is 2.04 bits per heavy atom. The van der Waals surface area contributed by atoms with Gasteiger partial charge in [0.25, 0.3) is 5.92 Å². The van der Waals surface area contributed by atoms with E-state index in [0.717, 1.165) is 0 Å². The van der Waals surface area contributed by atoms with E-state index in [-0.39, 0.29) is 47.9 Å². The van der Waals surface area contributed by atoms with E-state index in [9.17, 15) is 13.6 Å². The monoisotopic (exact) mass is 391 g/mol. The number of halogens is 2. The zero-order chi connectivity index (χ0) is 19.6. The van der Waals surface area contributed by atoms with Gasteiger partial charge in [0, 0.05) is 38.5 Å². The molecular formula is C17H19F2N7O2. The summed E-state index contributed by atoms with van der Waals surface area (Å²) in [6.07, 6.45) is 0.809. The summed E-state index contributed by atoms with van der Waals surface area (Å²) in [6, 6.07) is 0. The molecular weight excluding hydrogens is 372 g/mol. The molecule has 148 valence electrons. The van der Waals surface area contributed by atoms with Crippen molar-refractivity contribution in [3.63, 3.8) is 0 Å². The summed E-state index contributed by atoms with van der Waals surface area (Å²) < 4.78 is 30.6. The van der Waals surface area contributed by atoms with E-state index < -0.39 is 11.9 Å². The molecule has 1 aliphatic heterocycles. The van der Waals surface area contributed by atoms with Crippen molar-refractivity contribution in [2.75, 3.05) is 18.0 Å². The first-order chi connectivity index (χ1) is 13.3. The lowest BCUT2D eigenvalue weighted by molar-refractivity contribution is -0.137. The Kier molecular flexibility index (Phi) is 3.65. The van der Waals surface area contributed by atoms with Gasteiger partial charge in [0.05, 0.1) is 0 Å². The van der Waals surface area contributed by atoms with Gasteiger partial charge < -0.3 is 10.0 Å². The van der Waals surface area contributed by atoms with Crippen molar-refractivity contribution in [1.29, 1.82) is 0 Å². The van der Waals surface area contributed by atoms with Gasteiger partial charge in [-0.15, -0.1) is 5.10 Å². The molecule has 2 fully saturated rings. The number of hydrogen-bond acceptors (Lipinski definition) is 7. The Bertz CT molecular complexity index is 951. The van der Waals surface area contributed by atoms with Crippen molar-refractivity contribution in [2.24, 2.45) is 24.8 Å². The van der Waals surface area contributed by atoms with Gasteiger partial charge in [-0.2, -0.15) is 8.78 Å². The van der Waals surface area contributed by atoms with Gasteiger partial charge in [0.2, 0.25) is 11.6 Å². The SMILES string of the molecule is Cn1nnnc1-c1nc(N2C[C@@H]3C(CC(=O)O)[C@@H]3C2)c2c(n1)C(F)(F)CCC2. The average molecular weight is 391 g/mol. The highest BCUT2D eigenvalue weighted by molar-refractivity contribution is 5.68. The first-order valence-electron chi connectivity index (χ1n) is 9.34. The van der Waals surface area contributed by atoms with Crippen LogP contribution in [0, 0.1) is 17.8 Å². The Balaban J connectivity index is 1.53. The fraction of sp³-hybridized carbons (Fsp3) is 0.647. The zero-order valence-electron chi connectivity index (χ0n) is 15.2. The van der Waals surface area contributed by atoms with Crippen LogP contribution in [-0.2, 0) is 24.2 Å². The van der Waals surface area contributed by atoms with Crippen LogP contribution in [0.5, 0.6) is 0 Å². The highest BCUT2D eigenvalue weighted by Gasteiger charge is 2.57. The molecule has 3 atom stereocenters. The standard InChI is InChI=1S/C17H19F2N7O2/c1-25-16(22-23-24-25)14-20-13-8(3-2-4-17(13,18)19)15(21-14)26-6-10-9(5-12(27)28)11(10)7-26/h9-11H,2-7H2,1H3,(H,27,28)/t9?,10-,11+. The van der Waals surface area contributed by atoms with Crippen LogP contribution in [0.2, 0.25) is 0 Å². The molecule has 2 aromatic heterocycles. The fourth-order valence-corrected chi connectivity index (χ4v) is 4.72. The Hall–Kier alpha value is -2.72. The summed E-state index contributed by atoms with van der Waals surface area (Å²) in [6.45, 7) is 1.27. The van der Waals surface area contributed by atoms with E-state index >= 15 is 0 Å². The lowest BCUT2D eigenvalue weighted by Crippen LogP contribution is -2.31. The van der Waals surface area contributed by atoms with E-state index in [1.165, 1.54) is 4.68 Å². The second kappa shape index (κ2) is 5.89. The molecule has 5 rings (SSSR count). The van der Waals surface area contributed by atoms with Crippen LogP contribution in [0.1, 0.15) is 30.5 Å². The quantitative estimate of drug-likeness (QED) is 0.829. The number of fused-ring (bicyclic) bond motifs is 2. The lowest BCUT2D eigenvalue weighted by atomic mass is 9.92. The molecule has 0 spiro atoms. The minimum atomic E-state index is -3.01. The maximum Gasteiger partial charge on any atom is 0.303 e. The van der Waals surface area contributed by atoms with Crippen LogP contribution in [-0.4, -0.2) is 54.3 Å². The maximum atomic E-state index is 14.6. The van der Waals surface area contributed by atoms with Crippen molar-refractivity contribution in [3.05, 3.63) is 11.3 Å². The molecule has 2 aromatic rings. The normalized spacial score (nSPS) is 27.4. The summed E-state index contributed by atoms with van der Waals surface area (Å²) in [5.41, 5.74) is 0.260. The molecule has 1 N–H and O–H groups in total. The minimum Gasteiger partial charge on any atom is -0.481 e. The highest BCUT2D eigenvalue weighted by atomic mass is 19.3. The number of aromatic nitrogens is 6. The highest BCUT2D eigenvalue weighted by Crippen LogP contribution is 2.55. The summed E-state index contributed by atoms with van der Waals surface area (Å²) in [5, 5.41) is 20.2. The lowest BCUT2D eigenvalue weighted by Gasteiger charge is -2.30. The molecule has 11 heteroatoms. The predicted molar refractivity (Wildman–Crippen MR) is 91.6 cm³/mol. The number of hydrogen-bond donors (Lipinski definition) is 1. The van der Waals surface area contributed by atoms with E-state index in [1.54, 1.807) is 7.05 Å². The van der Waals surface area contributed by atoms with Gasteiger partial charge in [0.1, 0.15) is 11.5 Å². The molecule has 0 radical (unpaired) electrons. The number of carboxylic acids is 1. The Morgan fingerprint density at radius 3 is 2.68 bits per heavy atom. The third-order valence-corrected chi connectivity index (χ3v) is 6.15. The second-order valence-electron chi connectivity index (χ2n) is 7.88. The van der Waals surface area contributed by atoms with E-state index in [2.05, 4.69) is 25.5 Å². The molecule has 9 nitrogen and oxygen atoms in total. The Labute approximate surface area is 158 Å². The van der Waals surface area contributed by atoms with Crippen LogP contribution in [0.25, 0.3) is 11.6 Å². The van der Waals surface area contributed by atoms with Gasteiger partial charge in [-0.1, -0.05) is 0 Å². The summed E-state index contributed by atoms with van der Waals surface area (Å²) in [5.74, 6) is -2.22. The number of anilines is 1. The zero-order valence-corrected chi connectivity index (χ0v) is 15.2. The summed E-state index contributed by atoms with van der Waals surface area (Å²) in [7, 11) is 1.61. The third-order valence-electron chi connectivity index (χ3n) is 6.15. The maximum absolute atomic E-state index is 14.6. The van der Waals surface area contributed by atoms with Crippen molar-refractivity contribution in [2.45, 2.75) is 31.6 Å². The topological polar surface area (TPSA) is 110 Å². The molecule has 0 bridgehead atoms. The first-order valence-corrected chi connectivity index (χ1v) is 9.34. The molecule has 1 unspecified atom stereocenters. The van der Waals surface area contributed by atoms with Gasteiger partial charge in [0.15, 0.2) is 0 Å². The van der Waals surface area contributed by atoms with Crippen molar-refractivity contribution in [3.8, 4) is 11.6 Å². The van der Waals surface area contributed by atoms with Crippen LogP contribution < -0.4 is 4.90 Å². The number of alkyl halides is 2. The van der Waals surface area contributed by atoms with Crippen molar-refractivity contribution >= 4 is 11.8 Å². The molecule has 3 heterocycles. The van der Waals surface area contributed by atoms with Crippen LogP contribution >= 0.6 is 0 Å². The smallest absolute Gasteiger partial charge is 0.303 e. The molecule has 0 aromatic carbocycles. The van der Waals surface area contributed by atoms with Crippen LogP contribution in [0.3, 0.4) is 0 Å². The van der Waals surface area contributed by atoms with Crippen molar-refractivity contribution < 1.29 is 18.7 Å². The summed E-state index contributed by atoms with van der Waals surface area (Å²) >= 11 is 0. The number of rotatable bonds is 4. The van der Waals surface area contributed by atoms with Gasteiger partial charge in [-0.05, 0) is 41.0 Å². The molecule has 1 saturated heterocycles. The third kappa shape index (κ3) is 2.63. The van der Waals surface area contributed by atoms with Crippen molar-refractivity contribution in [1.82, 2.24) is 30.2 Å². The minimum absolute atomic E-state index is 0.0884. The average Bonchev–Trinajstić information content (AvgIpc) is 3.01. The van der Waals surface area contributed by atoms with Gasteiger partial charge in [-0.3, -0.25) is 4.79 Å².